The van der Waals surface area contributed by atoms with Gasteiger partial charge in [-0.1, -0.05) is 29.8 Å². The number of carbonyl (C=O) groups excluding carboxylic acids is 2. The van der Waals surface area contributed by atoms with Crippen molar-refractivity contribution in [2.75, 3.05) is 24.7 Å². The Hall–Kier alpha value is -2.51. The SMILES string of the molecule is Cc1ccc(CN2C(=O)CN(c3ncc(Cl)cc3F)C(=O)[C@@H]2C2COC2)cc1C. The number of carbonyl (C=O) groups is 2. The lowest BCUT2D eigenvalue weighted by molar-refractivity contribution is -0.155. The monoisotopic (exact) mass is 417 g/mol. The van der Waals surface area contributed by atoms with Gasteiger partial charge in [-0.05, 0) is 36.6 Å². The van der Waals surface area contributed by atoms with Crippen LogP contribution in [0.1, 0.15) is 16.7 Å². The summed E-state index contributed by atoms with van der Waals surface area (Å²) in [6.45, 7) is 4.86. The number of hydrogen-bond acceptors (Lipinski definition) is 4. The highest BCUT2D eigenvalue weighted by molar-refractivity contribution is 6.30. The highest BCUT2D eigenvalue weighted by Gasteiger charge is 2.47. The molecule has 0 saturated carbocycles. The minimum Gasteiger partial charge on any atom is -0.380 e. The van der Waals surface area contributed by atoms with E-state index in [1.54, 1.807) is 4.90 Å². The van der Waals surface area contributed by atoms with Crippen molar-refractivity contribution in [2.45, 2.75) is 26.4 Å². The number of nitrogens with zero attached hydrogens (tertiary/aromatic N) is 3. The van der Waals surface area contributed by atoms with Gasteiger partial charge in [-0.25, -0.2) is 9.37 Å². The third-order valence-corrected chi connectivity index (χ3v) is 5.75. The lowest BCUT2D eigenvalue weighted by atomic mass is 9.92. The first kappa shape index (κ1) is 19.8. The minimum absolute atomic E-state index is 0.127. The molecule has 2 saturated heterocycles. The van der Waals surface area contributed by atoms with Gasteiger partial charge < -0.3 is 9.64 Å². The number of anilines is 1. The van der Waals surface area contributed by atoms with Gasteiger partial charge in [0.05, 0.1) is 18.2 Å². The van der Waals surface area contributed by atoms with Crippen LogP contribution in [0, 0.1) is 25.6 Å². The fourth-order valence-electron chi connectivity index (χ4n) is 3.71. The smallest absolute Gasteiger partial charge is 0.251 e. The Kier molecular flexibility index (Phi) is 5.27. The zero-order valence-corrected chi connectivity index (χ0v) is 16.9. The highest BCUT2D eigenvalue weighted by atomic mass is 35.5. The maximum Gasteiger partial charge on any atom is 0.251 e. The Morgan fingerprint density at radius 2 is 1.97 bits per heavy atom. The first-order valence-corrected chi connectivity index (χ1v) is 9.78. The molecule has 2 aliphatic heterocycles. The number of benzene rings is 1. The van der Waals surface area contributed by atoms with Gasteiger partial charge in [-0.2, -0.15) is 0 Å². The molecule has 1 atom stereocenters. The van der Waals surface area contributed by atoms with E-state index in [0.29, 0.717) is 19.8 Å². The molecule has 0 bridgehead atoms. The number of pyridine rings is 1. The van der Waals surface area contributed by atoms with Gasteiger partial charge >= 0.3 is 0 Å². The molecule has 2 amide bonds. The van der Waals surface area contributed by atoms with Gasteiger partial charge in [0.2, 0.25) is 5.91 Å². The molecular formula is C21H21ClFN3O3. The molecule has 0 radical (unpaired) electrons. The zero-order chi connectivity index (χ0) is 20.7. The molecule has 2 fully saturated rings. The molecule has 8 heteroatoms. The van der Waals surface area contributed by atoms with E-state index in [9.17, 15) is 14.0 Å². The van der Waals surface area contributed by atoms with E-state index >= 15 is 0 Å². The van der Waals surface area contributed by atoms with Crippen LogP contribution in [0.5, 0.6) is 0 Å². The van der Waals surface area contributed by atoms with Crippen molar-refractivity contribution in [2.24, 2.45) is 5.92 Å². The summed E-state index contributed by atoms with van der Waals surface area (Å²) in [5, 5.41) is 0.127. The molecule has 0 unspecified atom stereocenters. The van der Waals surface area contributed by atoms with Crippen molar-refractivity contribution in [3.63, 3.8) is 0 Å². The minimum atomic E-state index is -0.732. The lowest BCUT2D eigenvalue weighted by Crippen LogP contribution is -2.65. The number of aromatic nitrogens is 1. The molecule has 3 heterocycles. The molecule has 0 spiro atoms. The predicted octanol–water partition coefficient (Wildman–Crippen LogP) is 2.88. The van der Waals surface area contributed by atoms with Crippen molar-refractivity contribution in [1.82, 2.24) is 9.88 Å². The van der Waals surface area contributed by atoms with E-state index in [1.165, 1.54) is 6.20 Å². The summed E-state index contributed by atoms with van der Waals surface area (Å²) in [5.74, 6) is -1.64. The normalized spacial score (nSPS) is 20.2. The van der Waals surface area contributed by atoms with E-state index < -0.39 is 11.9 Å². The maximum absolute atomic E-state index is 14.4. The van der Waals surface area contributed by atoms with E-state index in [2.05, 4.69) is 4.98 Å². The maximum atomic E-state index is 14.4. The molecule has 1 aromatic heterocycles. The lowest BCUT2D eigenvalue weighted by Gasteiger charge is -2.45. The van der Waals surface area contributed by atoms with Crippen LogP contribution in [0.3, 0.4) is 0 Å². The molecule has 0 N–H and O–H groups in total. The molecular weight excluding hydrogens is 397 g/mol. The molecule has 152 valence electrons. The number of piperazine rings is 1. The van der Waals surface area contributed by atoms with Gasteiger partial charge in [0.15, 0.2) is 11.6 Å². The number of rotatable bonds is 4. The van der Waals surface area contributed by atoms with E-state index in [4.69, 9.17) is 16.3 Å². The fourth-order valence-corrected chi connectivity index (χ4v) is 3.86. The fraction of sp³-hybridized carbons (Fsp3) is 0.381. The second kappa shape index (κ2) is 7.72. The standard InChI is InChI=1S/C21H21ClFN3O3/c1-12-3-4-14(5-13(12)2)8-25-18(27)9-26(20-17(23)6-16(22)7-24-20)21(28)19(25)15-10-29-11-15/h3-7,15,19H,8-11H2,1-2H3/t19-/m0/s1. The van der Waals surface area contributed by atoms with Crippen LogP contribution in [0.15, 0.2) is 30.5 Å². The van der Waals surface area contributed by atoms with Crippen molar-refractivity contribution >= 4 is 29.2 Å². The van der Waals surface area contributed by atoms with Gasteiger partial charge in [-0.3, -0.25) is 14.5 Å². The van der Waals surface area contributed by atoms with E-state index in [-0.39, 0.29) is 35.1 Å². The van der Waals surface area contributed by atoms with Crippen LogP contribution in [0.4, 0.5) is 10.2 Å². The van der Waals surface area contributed by atoms with Crippen LogP contribution < -0.4 is 4.90 Å². The Bertz CT molecular complexity index is 980. The Morgan fingerprint density at radius 1 is 1.21 bits per heavy atom. The van der Waals surface area contributed by atoms with Gasteiger partial charge in [0, 0.05) is 18.7 Å². The molecule has 2 aliphatic rings. The van der Waals surface area contributed by atoms with Crippen LogP contribution in [0.25, 0.3) is 0 Å². The quantitative estimate of drug-likeness (QED) is 0.767. The Balaban J connectivity index is 1.66. The third kappa shape index (κ3) is 3.72. The number of halogens is 2. The summed E-state index contributed by atoms with van der Waals surface area (Å²) in [5.41, 5.74) is 3.23. The Morgan fingerprint density at radius 3 is 2.59 bits per heavy atom. The third-order valence-electron chi connectivity index (χ3n) is 5.55. The first-order chi connectivity index (χ1) is 13.8. The molecule has 29 heavy (non-hydrogen) atoms. The highest BCUT2D eigenvalue weighted by Crippen LogP contribution is 2.30. The number of hydrogen-bond donors (Lipinski definition) is 0. The van der Waals surface area contributed by atoms with Crippen molar-refractivity contribution < 1.29 is 18.7 Å². The largest absolute Gasteiger partial charge is 0.380 e. The van der Waals surface area contributed by atoms with Gasteiger partial charge in [0.1, 0.15) is 12.6 Å². The summed E-state index contributed by atoms with van der Waals surface area (Å²) in [4.78, 5) is 33.0. The second-order valence-corrected chi connectivity index (χ2v) is 8.00. The molecule has 4 rings (SSSR count). The molecule has 0 aliphatic carbocycles. The average molecular weight is 418 g/mol. The summed E-state index contributed by atoms with van der Waals surface area (Å²) in [7, 11) is 0. The predicted molar refractivity (Wildman–Crippen MR) is 106 cm³/mol. The van der Waals surface area contributed by atoms with Crippen LogP contribution in [-0.2, 0) is 20.9 Å². The topological polar surface area (TPSA) is 62.7 Å². The molecule has 2 aromatic rings. The van der Waals surface area contributed by atoms with Crippen LogP contribution >= 0.6 is 11.6 Å². The number of amides is 2. The summed E-state index contributed by atoms with van der Waals surface area (Å²) >= 11 is 5.77. The van der Waals surface area contributed by atoms with Crippen LogP contribution in [0.2, 0.25) is 5.02 Å². The average Bonchev–Trinajstić information content (AvgIpc) is 2.62. The first-order valence-electron chi connectivity index (χ1n) is 9.41. The van der Waals surface area contributed by atoms with E-state index in [0.717, 1.165) is 27.7 Å². The number of ether oxygens (including phenoxy) is 1. The Labute approximate surface area is 173 Å². The summed E-state index contributed by atoms with van der Waals surface area (Å²) < 4.78 is 19.7. The van der Waals surface area contributed by atoms with Crippen molar-refractivity contribution in [3.8, 4) is 0 Å². The van der Waals surface area contributed by atoms with Crippen LogP contribution in [-0.4, -0.2) is 47.5 Å². The molecule has 1 aromatic carbocycles. The number of aryl methyl sites for hydroxylation is 2. The van der Waals surface area contributed by atoms with Gasteiger partial charge in [-0.15, -0.1) is 0 Å². The zero-order valence-electron chi connectivity index (χ0n) is 16.2. The summed E-state index contributed by atoms with van der Waals surface area (Å²) in [6.07, 6.45) is 1.26. The van der Waals surface area contributed by atoms with Crippen molar-refractivity contribution in [3.05, 3.63) is 58.0 Å². The summed E-state index contributed by atoms with van der Waals surface area (Å²) in [6, 6.07) is 6.35. The van der Waals surface area contributed by atoms with Crippen molar-refractivity contribution in [1.29, 1.82) is 0 Å². The molecule has 6 nitrogen and oxygen atoms in total. The van der Waals surface area contributed by atoms with Gasteiger partial charge in [0.25, 0.3) is 5.91 Å². The van der Waals surface area contributed by atoms with E-state index in [1.807, 2.05) is 32.0 Å². The second-order valence-electron chi connectivity index (χ2n) is 7.57.